The average Bonchev–Trinajstić information content (AvgIpc) is 2.81. The van der Waals surface area contributed by atoms with Crippen molar-refractivity contribution in [1.82, 2.24) is 9.80 Å². The van der Waals surface area contributed by atoms with Gasteiger partial charge in [0.05, 0.1) is 22.7 Å². The van der Waals surface area contributed by atoms with Gasteiger partial charge in [-0.05, 0) is 48.2 Å². The van der Waals surface area contributed by atoms with Crippen LogP contribution in [0.25, 0.3) is 0 Å². The van der Waals surface area contributed by atoms with Gasteiger partial charge in [0, 0.05) is 26.7 Å². The predicted octanol–water partition coefficient (Wildman–Crippen LogP) is 4.23. The Morgan fingerprint density at radius 3 is 2.22 bits per heavy atom. The van der Waals surface area contributed by atoms with Crippen LogP contribution in [0.15, 0.2) is 42.5 Å². The van der Waals surface area contributed by atoms with Crippen LogP contribution in [0.1, 0.15) is 30.4 Å². The number of alkyl halides is 3. The summed E-state index contributed by atoms with van der Waals surface area (Å²) in [5.41, 5.74) is -0.835. The van der Waals surface area contributed by atoms with E-state index in [9.17, 15) is 33.0 Å². The molecule has 0 aromatic heterocycles. The molecule has 0 radical (unpaired) electrons. The molecule has 2 amide bonds. The molecule has 36 heavy (non-hydrogen) atoms. The topological polar surface area (TPSA) is 93.1 Å². The highest BCUT2D eigenvalue weighted by molar-refractivity contribution is 6.42. The standard InChI is InChI=1S/C24H27Cl2F3N2O5/c1-30(21(33)13-24(27,28)29)15-23(10-3-11-32,17-6-9-19(25)20(26)12-17)31(22(34)35)14-16-4-7-18(36-2)8-5-16/h4-9,12,32H,3,10-11,13-15H2,1-2H3,(H,34,35)/p-1/t23-/m1/s1. The van der Waals surface area contributed by atoms with E-state index in [0.717, 1.165) is 16.8 Å². The van der Waals surface area contributed by atoms with E-state index in [1.54, 1.807) is 24.3 Å². The zero-order valence-electron chi connectivity index (χ0n) is 19.6. The molecule has 0 saturated carbocycles. The number of halogens is 5. The Morgan fingerprint density at radius 2 is 1.72 bits per heavy atom. The molecule has 2 aromatic rings. The summed E-state index contributed by atoms with van der Waals surface area (Å²) in [5, 5.41) is 22.3. The first kappa shape index (κ1) is 29.5. The van der Waals surface area contributed by atoms with Crippen molar-refractivity contribution in [2.75, 3.05) is 27.3 Å². The summed E-state index contributed by atoms with van der Waals surface area (Å²) in [6.45, 7) is -1.05. The fraction of sp³-hybridized carbons (Fsp3) is 0.417. The second-order valence-corrected chi connectivity index (χ2v) is 9.04. The maximum absolute atomic E-state index is 12.9. The number of benzene rings is 2. The lowest BCUT2D eigenvalue weighted by molar-refractivity contribution is -0.274. The fourth-order valence-electron chi connectivity index (χ4n) is 3.94. The maximum atomic E-state index is 12.9. The van der Waals surface area contributed by atoms with E-state index in [0.29, 0.717) is 11.3 Å². The van der Waals surface area contributed by atoms with Gasteiger partial charge in [-0.3, -0.25) is 4.79 Å². The maximum Gasteiger partial charge on any atom is 0.397 e. The number of methoxy groups -OCH3 is 1. The molecular weight excluding hydrogens is 524 g/mol. The highest BCUT2D eigenvalue weighted by Gasteiger charge is 2.42. The second-order valence-electron chi connectivity index (χ2n) is 8.23. The highest BCUT2D eigenvalue weighted by atomic mass is 35.5. The first-order valence-corrected chi connectivity index (χ1v) is 11.6. The summed E-state index contributed by atoms with van der Waals surface area (Å²) in [4.78, 5) is 26.7. The van der Waals surface area contributed by atoms with Crippen LogP contribution in [0, 0.1) is 0 Å². The Morgan fingerprint density at radius 1 is 1.08 bits per heavy atom. The van der Waals surface area contributed by atoms with Crippen LogP contribution in [0.4, 0.5) is 18.0 Å². The number of amides is 2. The van der Waals surface area contributed by atoms with Crippen LogP contribution >= 0.6 is 23.2 Å². The molecule has 0 fully saturated rings. The lowest BCUT2D eigenvalue weighted by Gasteiger charge is -2.48. The van der Waals surface area contributed by atoms with Crippen LogP contribution in [0.5, 0.6) is 5.75 Å². The van der Waals surface area contributed by atoms with E-state index in [4.69, 9.17) is 27.9 Å². The van der Waals surface area contributed by atoms with Crippen molar-refractivity contribution < 1.29 is 37.7 Å². The molecule has 0 saturated heterocycles. The van der Waals surface area contributed by atoms with Crippen LogP contribution in [-0.2, 0) is 16.9 Å². The molecule has 0 aliphatic carbocycles. The van der Waals surface area contributed by atoms with Gasteiger partial charge in [0.2, 0.25) is 5.91 Å². The first-order chi connectivity index (χ1) is 16.8. The van der Waals surface area contributed by atoms with Gasteiger partial charge in [-0.2, -0.15) is 13.2 Å². The quantitative estimate of drug-likeness (QED) is 0.452. The van der Waals surface area contributed by atoms with E-state index in [1.807, 2.05) is 0 Å². The fourth-order valence-corrected chi connectivity index (χ4v) is 4.24. The Hall–Kier alpha value is -2.69. The van der Waals surface area contributed by atoms with E-state index < -0.39 is 36.7 Å². The monoisotopic (exact) mass is 549 g/mol. The second kappa shape index (κ2) is 12.5. The molecule has 198 valence electrons. The van der Waals surface area contributed by atoms with Gasteiger partial charge >= 0.3 is 6.18 Å². The van der Waals surface area contributed by atoms with Crippen LogP contribution in [-0.4, -0.2) is 60.4 Å². The highest BCUT2D eigenvalue weighted by Crippen LogP contribution is 2.39. The summed E-state index contributed by atoms with van der Waals surface area (Å²) in [5.74, 6) is -0.717. The van der Waals surface area contributed by atoms with Crippen LogP contribution in [0.3, 0.4) is 0 Å². The molecule has 7 nitrogen and oxygen atoms in total. The van der Waals surface area contributed by atoms with Gasteiger partial charge in [0.1, 0.15) is 18.3 Å². The number of aliphatic hydroxyl groups excluding tert-OH is 1. The third kappa shape index (κ3) is 7.65. The third-order valence-corrected chi connectivity index (χ3v) is 6.46. The summed E-state index contributed by atoms with van der Waals surface area (Å²) in [7, 11) is 2.63. The first-order valence-electron chi connectivity index (χ1n) is 10.8. The Balaban J connectivity index is 2.66. The minimum Gasteiger partial charge on any atom is -0.530 e. The number of hydrogen-bond donors (Lipinski definition) is 1. The lowest BCUT2D eigenvalue weighted by Crippen LogP contribution is -2.59. The Bertz CT molecular complexity index is 1050. The largest absolute Gasteiger partial charge is 0.530 e. The number of aliphatic hydroxyl groups is 1. The molecule has 0 aliphatic rings. The molecule has 1 N–H and O–H groups in total. The van der Waals surface area contributed by atoms with Gasteiger partial charge in [-0.25, -0.2) is 0 Å². The summed E-state index contributed by atoms with van der Waals surface area (Å²) < 4.78 is 43.9. The number of rotatable bonds is 11. The van der Waals surface area contributed by atoms with Crippen LogP contribution < -0.4 is 9.84 Å². The summed E-state index contributed by atoms with van der Waals surface area (Å²) in [6.07, 6.45) is -8.10. The molecular formula is C24H26Cl2F3N2O5-. The Labute approximate surface area is 217 Å². The predicted molar refractivity (Wildman–Crippen MR) is 127 cm³/mol. The number of likely N-dealkylation sites (N-methyl/N-ethyl adjacent to an activating group) is 1. The minimum absolute atomic E-state index is 0.0603. The molecule has 1 atom stereocenters. The molecule has 0 heterocycles. The average molecular weight is 550 g/mol. The number of nitrogens with zero attached hydrogens (tertiary/aromatic N) is 2. The van der Waals surface area contributed by atoms with Gasteiger partial charge in [-0.1, -0.05) is 41.4 Å². The van der Waals surface area contributed by atoms with Crippen molar-refractivity contribution in [3.63, 3.8) is 0 Å². The number of carbonyl (C=O) groups excluding carboxylic acids is 2. The lowest BCUT2D eigenvalue weighted by atomic mass is 9.82. The Kier molecular flexibility index (Phi) is 10.3. The van der Waals surface area contributed by atoms with Crippen molar-refractivity contribution in [2.24, 2.45) is 0 Å². The van der Waals surface area contributed by atoms with Crippen molar-refractivity contribution in [3.8, 4) is 5.75 Å². The normalized spacial score (nSPS) is 13.1. The van der Waals surface area contributed by atoms with Crippen molar-refractivity contribution >= 4 is 35.2 Å². The summed E-state index contributed by atoms with van der Waals surface area (Å²) >= 11 is 12.3. The van der Waals surface area contributed by atoms with E-state index in [2.05, 4.69) is 0 Å². The molecule has 2 aromatic carbocycles. The van der Waals surface area contributed by atoms with Crippen molar-refractivity contribution in [1.29, 1.82) is 0 Å². The molecule has 0 bridgehead atoms. The van der Waals surface area contributed by atoms with Gasteiger partial charge in [0.15, 0.2) is 0 Å². The number of hydrogen-bond acceptors (Lipinski definition) is 5. The minimum atomic E-state index is -4.75. The summed E-state index contributed by atoms with van der Waals surface area (Å²) in [6, 6.07) is 10.8. The third-order valence-electron chi connectivity index (χ3n) is 5.72. The SMILES string of the molecule is COc1ccc(CN(C(=O)[O-])[C@](CCCO)(CN(C)C(=O)CC(F)(F)F)c2ccc(Cl)c(Cl)c2)cc1. The molecule has 2 rings (SSSR count). The van der Waals surface area contributed by atoms with E-state index >= 15 is 0 Å². The molecule has 0 spiro atoms. The van der Waals surface area contributed by atoms with Crippen molar-refractivity contribution in [2.45, 2.75) is 37.5 Å². The zero-order valence-corrected chi connectivity index (χ0v) is 21.2. The molecule has 0 unspecified atom stereocenters. The van der Waals surface area contributed by atoms with Crippen molar-refractivity contribution in [3.05, 3.63) is 63.6 Å². The molecule has 0 aliphatic heterocycles. The number of ether oxygens (including phenoxy) is 1. The zero-order chi connectivity index (χ0) is 27.1. The van der Waals surface area contributed by atoms with E-state index in [1.165, 1.54) is 25.3 Å². The smallest absolute Gasteiger partial charge is 0.397 e. The van der Waals surface area contributed by atoms with Gasteiger partial charge in [0.25, 0.3) is 0 Å². The van der Waals surface area contributed by atoms with Gasteiger partial charge in [-0.15, -0.1) is 0 Å². The van der Waals surface area contributed by atoms with Crippen LogP contribution in [0.2, 0.25) is 10.0 Å². The van der Waals surface area contributed by atoms with E-state index in [-0.39, 0.29) is 41.6 Å². The van der Waals surface area contributed by atoms with Gasteiger partial charge < -0.3 is 29.5 Å². The number of carboxylic acid groups (broad SMARTS) is 1. The number of carbonyl (C=O) groups is 2. The molecule has 12 heteroatoms.